The highest BCUT2D eigenvalue weighted by atomic mass is 32.2. The van der Waals surface area contributed by atoms with E-state index in [-0.39, 0.29) is 22.8 Å². The van der Waals surface area contributed by atoms with Crippen LogP contribution in [0.25, 0.3) is 0 Å². The summed E-state index contributed by atoms with van der Waals surface area (Å²) in [5, 5.41) is 0. The van der Waals surface area contributed by atoms with Crippen LogP contribution in [0.15, 0.2) is 47.4 Å². The molecule has 8 nitrogen and oxygen atoms in total. The Morgan fingerprint density at radius 2 is 1.56 bits per heavy atom. The molecule has 0 spiro atoms. The number of rotatable bonds is 7. The summed E-state index contributed by atoms with van der Waals surface area (Å²) in [5.41, 5.74) is 1.09. The highest BCUT2D eigenvalue weighted by Gasteiger charge is 2.27. The molecule has 0 saturated carbocycles. The molecule has 1 aliphatic rings. The van der Waals surface area contributed by atoms with Crippen LogP contribution in [0.4, 0.5) is 0 Å². The van der Waals surface area contributed by atoms with Crippen LogP contribution in [0.1, 0.15) is 52.0 Å². The monoisotopic (exact) mass is 461 g/mol. The van der Waals surface area contributed by atoms with Gasteiger partial charge in [-0.15, -0.1) is 0 Å². The number of esters is 2. The van der Waals surface area contributed by atoms with Gasteiger partial charge in [0.15, 0.2) is 0 Å². The molecule has 0 unspecified atom stereocenters. The summed E-state index contributed by atoms with van der Waals surface area (Å²) in [5.74, 6) is -0.932. The fraction of sp³-hybridized carbons (Fsp3) is 0.391. The summed E-state index contributed by atoms with van der Waals surface area (Å²) < 4.78 is 42.9. The summed E-state index contributed by atoms with van der Waals surface area (Å²) >= 11 is 0. The molecule has 0 N–H and O–H groups in total. The molecule has 0 amide bonds. The lowest BCUT2D eigenvalue weighted by Crippen LogP contribution is -2.32. The van der Waals surface area contributed by atoms with E-state index in [2.05, 4.69) is 4.74 Å². The number of benzene rings is 2. The third kappa shape index (κ3) is 5.46. The van der Waals surface area contributed by atoms with Crippen molar-refractivity contribution in [3.63, 3.8) is 0 Å². The first-order valence-electron chi connectivity index (χ1n) is 10.4. The molecule has 2 aromatic rings. The predicted octanol–water partition coefficient (Wildman–Crippen LogP) is 3.40. The number of ether oxygens (including phenoxy) is 3. The molecule has 1 saturated heterocycles. The number of sulfonamides is 1. The lowest BCUT2D eigenvalue weighted by atomic mass is 10.1. The Hall–Kier alpha value is -2.91. The van der Waals surface area contributed by atoms with E-state index in [4.69, 9.17) is 9.47 Å². The van der Waals surface area contributed by atoms with Gasteiger partial charge in [-0.25, -0.2) is 18.0 Å². The van der Waals surface area contributed by atoms with Gasteiger partial charge in [-0.2, -0.15) is 4.31 Å². The molecular weight excluding hydrogens is 434 g/mol. The summed E-state index contributed by atoms with van der Waals surface area (Å²) in [6.07, 6.45) is 3.65. The molecule has 9 heteroatoms. The Bertz CT molecular complexity index is 1060. The fourth-order valence-electron chi connectivity index (χ4n) is 3.52. The van der Waals surface area contributed by atoms with Crippen molar-refractivity contribution in [2.75, 3.05) is 27.3 Å². The number of nitrogens with zero attached hydrogens (tertiary/aromatic N) is 1. The molecule has 0 atom stereocenters. The summed E-state index contributed by atoms with van der Waals surface area (Å²) in [4.78, 5) is 24.3. The van der Waals surface area contributed by atoms with Crippen molar-refractivity contribution in [1.82, 2.24) is 4.31 Å². The second-order valence-corrected chi connectivity index (χ2v) is 9.38. The number of hydrogen-bond donors (Lipinski definition) is 0. The van der Waals surface area contributed by atoms with Crippen LogP contribution in [0.5, 0.6) is 5.75 Å². The third-order valence-corrected chi connectivity index (χ3v) is 7.23. The second kappa shape index (κ2) is 10.6. The van der Waals surface area contributed by atoms with Gasteiger partial charge in [0.25, 0.3) is 0 Å². The van der Waals surface area contributed by atoms with E-state index in [1.807, 2.05) is 0 Å². The van der Waals surface area contributed by atoms with Crippen molar-refractivity contribution in [3.8, 4) is 5.75 Å². The standard InChI is InChI=1S/C23H27NO7S/c1-29-21-12-11-19(32(27,28)24-13-5-3-4-6-14-24)15-20(21)23(26)31-16-17-7-9-18(10-8-17)22(25)30-2/h7-12,15H,3-6,13-14,16H2,1-2H3. The molecule has 2 aromatic carbocycles. The Morgan fingerprint density at radius 1 is 0.906 bits per heavy atom. The molecular formula is C23H27NO7S. The van der Waals surface area contributed by atoms with E-state index < -0.39 is 22.0 Å². The molecule has 1 fully saturated rings. The maximum atomic E-state index is 13.1. The molecule has 3 rings (SSSR count). The second-order valence-electron chi connectivity index (χ2n) is 7.45. The van der Waals surface area contributed by atoms with Crippen molar-refractivity contribution in [2.45, 2.75) is 37.2 Å². The third-order valence-electron chi connectivity index (χ3n) is 5.34. The van der Waals surface area contributed by atoms with Crippen LogP contribution >= 0.6 is 0 Å². The number of carbonyl (C=O) groups is 2. The average Bonchev–Trinajstić information content (AvgIpc) is 3.12. The molecule has 32 heavy (non-hydrogen) atoms. The lowest BCUT2D eigenvalue weighted by Gasteiger charge is -2.20. The predicted molar refractivity (Wildman–Crippen MR) is 117 cm³/mol. The van der Waals surface area contributed by atoms with Crippen LogP contribution < -0.4 is 4.74 Å². The molecule has 0 aromatic heterocycles. The molecule has 1 aliphatic heterocycles. The highest BCUT2D eigenvalue weighted by molar-refractivity contribution is 7.89. The van der Waals surface area contributed by atoms with Gasteiger partial charge in [0.2, 0.25) is 10.0 Å². The van der Waals surface area contributed by atoms with E-state index in [0.29, 0.717) is 24.2 Å². The molecule has 0 bridgehead atoms. The van der Waals surface area contributed by atoms with Gasteiger partial charge in [0.05, 0.1) is 24.7 Å². The van der Waals surface area contributed by atoms with E-state index in [9.17, 15) is 18.0 Å². The fourth-order valence-corrected chi connectivity index (χ4v) is 5.06. The normalized spacial score (nSPS) is 14.9. The van der Waals surface area contributed by atoms with Gasteiger partial charge < -0.3 is 14.2 Å². The van der Waals surface area contributed by atoms with E-state index in [1.54, 1.807) is 24.3 Å². The zero-order valence-electron chi connectivity index (χ0n) is 18.2. The maximum absolute atomic E-state index is 13.1. The lowest BCUT2D eigenvalue weighted by molar-refractivity contribution is 0.0467. The van der Waals surface area contributed by atoms with Crippen LogP contribution in [0.3, 0.4) is 0 Å². The first-order chi connectivity index (χ1) is 15.4. The van der Waals surface area contributed by atoms with Gasteiger partial charge in [-0.05, 0) is 48.7 Å². The van der Waals surface area contributed by atoms with Gasteiger partial charge >= 0.3 is 11.9 Å². The van der Waals surface area contributed by atoms with Gasteiger partial charge in [-0.1, -0.05) is 25.0 Å². The Balaban J connectivity index is 1.77. The smallest absolute Gasteiger partial charge is 0.342 e. The molecule has 0 radical (unpaired) electrons. The minimum atomic E-state index is -3.72. The van der Waals surface area contributed by atoms with Gasteiger partial charge in [0.1, 0.15) is 17.9 Å². The summed E-state index contributed by atoms with van der Waals surface area (Å²) in [7, 11) is -1.02. The van der Waals surface area contributed by atoms with Crippen LogP contribution in [0.2, 0.25) is 0 Å². The van der Waals surface area contributed by atoms with Crippen molar-refractivity contribution in [2.24, 2.45) is 0 Å². The maximum Gasteiger partial charge on any atom is 0.342 e. The van der Waals surface area contributed by atoms with E-state index in [0.717, 1.165) is 25.7 Å². The van der Waals surface area contributed by atoms with Gasteiger partial charge in [-0.3, -0.25) is 0 Å². The highest BCUT2D eigenvalue weighted by Crippen LogP contribution is 2.27. The topological polar surface area (TPSA) is 99.2 Å². The first kappa shape index (κ1) is 23.7. The zero-order chi connectivity index (χ0) is 23.1. The van der Waals surface area contributed by atoms with Crippen LogP contribution in [-0.4, -0.2) is 52.0 Å². The summed E-state index contributed by atoms with van der Waals surface area (Å²) in [6, 6.07) is 10.7. The number of carbonyl (C=O) groups excluding carboxylic acids is 2. The van der Waals surface area contributed by atoms with E-state index in [1.165, 1.54) is 36.7 Å². The minimum absolute atomic E-state index is 0.0366. The SMILES string of the molecule is COC(=O)c1ccc(COC(=O)c2cc(S(=O)(=O)N3CCCCCC3)ccc2OC)cc1. The molecule has 1 heterocycles. The van der Waals surface area contributed by atoms with E-state index >= 15 is 0 Å². The van der Waals surface area contributed by atoms with Crippen molar-refractivity contribution < 1.29 is 32.2 Å². The average molecular weight is 462 g/mol. The van der Waals surface area contributed by atoms with Crippen LogP contribution in [0, 0.1) is 0 Å². The first-order valence-corrected chi connectivity index (χ1v) is 11.8. The van der Waals surface area contributed by atoms with Crippen molar-refractivity contribution in [1.29, 1.82) is 0 Å². The van der Waals surface area contributed by atoms with Crippen molar-refractivity contribution >= 4 is 22.0 Å². The number of methoxy groups -OCH3 is 2. The zero-order valence-corrected chi connectivity index (χ0v) is 19.0. The molecule has 0 aliphatic carbocycles. The summed E-state index contributed by atoms with van der Waals surface area (Å²) in [6.45, 7) is 0.887. The number of hydrogen-bond acceptors (Lipinski definition) is 7. The largest absolute Gasteiger partial charge is 0.496 e. The van der Waals surface area contributed by atoms with Gasteiger partial charge in [0, 0.05) is 13.1 Å². The van der Waals surface area contributed by atoms with Crippen molar-refractivity contribution in [3.05, 3.63) is 59.2 Å². The molecule has 172 valence electrons. The Labute approximate surface area is 188 Å². The Morgan fingerprint density at radius 3 is 2.16 bits per heavy atom. The van der Waals surface area contributed by atoms with Crippen LogP contribution in [-0.2, 0) is 26.1 Å². The minimum Gasteiger partial charge on any atom is -0.496 e. The quantitative estimate of drug-likeness (QED) is 0.583. The Kier molecular flexibility index (Phi) is 7.87.